The average molecular weight is 340 g/mol. The van der Waals surface area contributed by atoms with Crippen LogP contribution in [0.15, 0.2) is 27.4 Å². The standard InChI is InChI=1S/C15H18BrNOS/c1-10-4-13(14(18)5-11(10)2)8-17(3)7-12-6-15(16)19-9-12/h4-6,9,18H,7-8H2,1-3H3. The van der Waals surface area contributed by atoms with Crippen molar-refractivity contribution in [2.45, 2.75) is 26.9 Å². The zero-order chi connectivity index (χ0) is 14.0. The Bertz CT molecular complexity index is 580. The second kappa shape index (κ2) is 6.07. The lowest BCUT2D eigenvalue weighted by molar-refractivity contribution is 0.313. The number of thiophene rings is 1. The van der Waals surface area contributed by atoms with Gasteiger partial charge in [0.1, 0.15) is 5.75 Å². The Labute approximate surface area is 126 Å². The number of benzene rings is 1. The number of halogens is 1. The molecule has 1 N–H and O–H groups in total. The minimum Gasteiger partial charge on any atom is -0.508 e. The molecule has 0 bridgehead atoms. The molecule has 2 rings (SSSR count). The van der Waals surface area contributed by atoms with Crippen LogP contribution in [0.5, 0.6) is 5.75 Å². The first-order valence-corrected chi connectivity index (χ1v) is 7.83. The molecule has 0 saturated heterocycles. The van der Waals surface area contributed by atoms with Crippen molar-refractivity contribution in [3.8, 4) is 5.75 Å². The van der Waals surface area contributed by atoms with Gasteiger partial charge < -0.3 is 5.11 Å². The number of phenols is 1. The predicted octanol–water partition coefficient (Wildman–Crippen LogP) is 4.47. The third kappa shape index (κ3) is 3.81. The van der Waals surface area contributed by atoms with Gasteiger partial charge in [0.15, 0.2) is 0 Å². The summed E-state index contributed by atoms with van der Waals surface area (Å²) in [5.41, 5.74) is 4.63. The first-order chi connectivity index (χ1) is 8.95. The van der Waals surface area contributed by atoms with E-state index in [1.807, 2.05) is 13.0 Å². The minimum atomic E-state index is 0.390. The van der Waals surface area contributed by atoms with Crippen molar-refractivity contribution in [2.75, 3.05) is 7.05 Å². The average Bonchev–Trinajstić information content (AvgIpc) is 2.71. The summed E-state index contributed by atoms with van der Waals surface area (Å²) in [7, 11) is 2.07. The molecule has 1 heterocycles. The van der Waals surface area contributed by atoms with Crippen LogP contribution in [0, 0.1) is 13.8 Å². The topological polar surface area (TPSA) is 23.5 Å². The molecule has 0 saturated carbocycles. The summed E-state index contributed by atoms with van der Waals surface area (Å²) in [6, 6.07) is 6.06. The monoisotopic (exact) mass is 339 g/mol. The number of phenolic OH excluding ortho intramolecular Hbond substituents is 1. The summed E-state index contributed by atoms with van der Waals surface area (Å²) in [5.74, 6) is 0.390. The van der Waals surface area contributed by atoms with Crippen LogP contribution < -0.4 is 0 Å². The van der Waals surface area contributed by atoms with Gasteiger partial charge in [-0.1, -0.05) is 6.07 Å². The highest BCUT2D eigenvalue weighted by Crippen LogP contribution is 2.25. The highest BCUT2D eigenvalue weighted by atomic mass is 79.9. The van der Waals surface area contributed by atoms with Crippen LogP contribution in [0.3, 0.4) is 0 Å². The number of aryl methyl sites for hydroxylation is 2. The van der Waals surface area contributed by atoms with E-state index >= 15 is 0 Å². The van der Waals surface area contributed by atoms with E-state index < -0.39 is 0 Å². The Morgan fingerprint density at radius 2 is 1.84 bits per heavy atom. The molecule has 0 aliphatic rings. The van der Waals surface area contributed by atoms with E-state index in [1.165, 1.54) is 11.1 Å². The lowest BCUT2D eigenvalue weighted by Crippen LogP contribution is -2.17. The van der Waals surface area contributed by atoms with Crippen molar-refractivity contribution in [1.29, 1.82) is 0 Å². The van der Waals surface area contributed by atoms with Gasteiger partial charge in [0.05, 0.1) is 3.79 Å². The van der Waals surface area contributed by atoms with E-state index in [0.717, 1.165) is 28.0 Å². The number of aromatic hydroxyl groups is 1. The highest BCUT2D eigenvalue weighted by Gasteiger charge is 2.08. The van der Waals surface area contributed by atoms with Gasteiger partial charge in [-0.25, -0.2) is 0 Å². The lowest BCUT2D eigenvalue weighted by Gasteiger charge is -2.17. The molecular weight excluding hydrogens is 322 g/mol. The summed E-state index contributed by atoms with van der Waals surface area (Å²) in [6.45, 7) is 5.73. The van der Waals surface area contributed by atoms with Crippen molar-refractivity contribution in [3.63, 3.8) is 0 Å². The number of nitrogens with zero attached hydrogens (tertiary/aromatic N) is 1. The molecule has 1 aromatic carbocycles. The summed E-state index contributed by atoms with van der Waals surface area (Å²) in [6.07, 6.45) is 0. The van der Waals surface area contributed by atoms with Gasteiger partial charge in [0, 0.05) is 18.7 Å². The Kier molecular flexibility index (Phi) is 4.66. The SMILES string of the molecule is Cc1cc(O)c(CN(C)Cc2csc(Br)c2)cc1C. The maximum absolute atomic E-state index is 10.0. The van der Waals surface area contributed by atoms with Crippen molar-refractivity contribution in [3.05, 3.63) is 49.6 Å². The molecule has 2 nitrogen and oxygen atoms in total. The lowest BCUT2D eigenvalue weighted by atomic mass is 10.0. The molecule has 102 valence electrons. The predicted molar refractivity (Wildman–Crippen MR) is 84.8 cm³/mol. The molecular formula is C15H18BrNOS. The van der Waals surface area contributed by atoms with E-state index in [2.05, 4.69) is 52.3 Å². The summed E-state index contributed by atoms with van der Waals surface area (Å²) >= 11 is 5.18. The molecule has 0 unspecified atom stereocenters. The Hall–Kier alpha value is -0.840. The van der Waals surface area contributed by atoms with Crippen LogP contribution >= 0.6 is 27.3 Å². The molecule has 19 heavy (non-hydrogen) atoms. The number of hydrogen-bond acceptors (Lipinski definition) is 3. The quantitative estimate of drug-likeness (QED) is 0.888. The normalized spacial score (nSPS) is 11.2. The largest absolute Gasteiger partial charge is 0.508 e. The smallest absolute Gasteiger partial charge is 0.120 e. The molecule has 2 aromatic rings. The number of rotatable bonds is 4. The van der Waals surface area contributed by atoms with E-state index in [0.29, 0.717) is 5.75 Å². The van der Waals surface area contributed by atoms with E-state index in [4.69, 9.17) is 0 Å². The maximum atomic E-state index is 10.0. The molecule has 0 aliphatic carbocycles. The van der Waals surface area contributed by atoms with Crippen LogP contribution in [0.1, 0.15) is 22.3 Å². The maximum Gasteiger partial charge on any atom is 0.120 e. The van der Waals surface area contributed by atoms with Crippen LogP contribution in [-0.2, 0) is 13.1 Å². The summed E-state index contributed by atoms with van der Waals surface area (Å²) in [4.78, 5) is 2.21. The van der Waals surface area contributed by atoms with Crippen LogP contribution in [0.2, 0.25) is 0 Å². The van der Waals surface area contributed by atoms with Crippen molar-refractivity contribution in [2.24, 2.45) is 0 Å². The van der Waals surface area contributed by atoms with E-state index in [1.54, 1.807) is 11.3 Å². The fraction of sp³-hybridized carbons (Fsp3) is 0.333. The molecule has 1 aromatic heterocycles. The van der Waals surface area contributed by atoms with Gasteiger partial charge in [-0.2, -0.15) is 0 Å². The van der Waals surface area contributed by atoms with Crippen LogP contribution in [0.4, 0.5) is 0 Å². The second-order valence-corrected chi connectivity index (χ2v) is 7.29. The Morgan fingerprint density at radius 3 is 2.47 bits per heavy atom. The second-order valence-electron chi connectivity index (χ2n) is 5.00. The first-order valence-electron chi connectivity index (χ1n) is 6.16. The van der Waals surface area contributed by atoms with E-state index in [-0.39, 0.29) is 0 Å². The van der Waals surface area contributed by atoms with E-state index in [9.17, 15) is 5.11 Å². The van der Waals surface area contributed by atoms with Crippen LogP contribution in [-0.4, -0.2) is 17.1 Å². The first kappa shape index (κ1) is 14.6. The van der Waals surface area contributed by atoms with Gasteiger partial charge in [0.25, 0.3) is 0 Å². The summed E-state index contributed by atoms with van der Waals surface area (Å²) in [5, 5.41) is 12.2. The fourth-order valence-corrected chi connectivity index (χ4v) is 3.27. The zero-order valence-electron chi connectivity index (χ0n) is 11.4. The van der Waals surface area contributed by atoms with Crippen LogP contribution in [0.25, 0.3) is 0 Å². The molecule has 0 aliphatic heterocycles. The van der Waals surface area contributed by atoms with Crippen molar-refractivity contribution < 1.29 is 5.11 Å². The highest BCUT2D eigenvalue weighted by molar-refractivity contribution is 9.11. The van der Waals surface area contributed by atoms with Gasteiger partial charge in [-0.15, -0.1) is 11.3 Å². The Balaban J connectivity index is 2.06. The fourth-order valence-electron chi connectivity index (χ4n) is 2.07. The molecule has 0 amide bonds. The Morgan fingerprint density at radius 1 is 1.16 bits per heavy atom. The van der Waals surface area contributed by atoms with Gasteiger partial charge in [-0.05, 0) is 71.0 Å². The molecule has 4 heteroatoms. The van der Waals surface area contributed by atoms with Gasteiger partial charge in [0.2, 0.25) is 0 Å². The molecule has 0 spiro atoms. The molecule has 0 atom stereocenters. The van der Waals surface area contributed by atoms with Crippen molar-refractivity contribution >= 4 is 27.3 Å². The molecule has 0 radical (unpaired) electrons. The zero-order valence-corrected chi connectivity index (χ0v) is 13.8. The summed E-state index contributed by atoms with van der Waals surface area (Å²) < 4.78 is 1.16. The minimum absolute atomic E-state index is 0.390. The van der Waals surface area contributed by atoms with Crippen molar-refractivity contribution in [1.82, 2.24) is 4.90 Å². The van der Waals surface area contributed by atoms with Gasteiger partial charge >= 0.3 is 0 Å². The molecule has 0 fully saturated rings. The third-order valence-electron chi connectivity index (χ3n) is 3.21. The third-order valence-corrected chi connectivity index (χ3v) is 4.76. The number of hydrogen-bond donors (Lipinski definition) is 1. The van der Waals surface area contributed by atoms with Gasteiger partial charge in [-0.3, -0.25) is 4.90 Å².